The van der Waals surface area contributed by atoms with E-state index in [9.17, 15) is 19.6 Å². The summed E-state index contributed by atoms with van der Waals surface area (Å²) in [5.41, 5.74) is 2.95. The molecule has 1 fully saturated rings. The van der Waals surface area contributed by atoms with Crippen LogP contribution in [-0.4, -0.2) is 52.9 Å². The quantitative estimate of drug-likeness (QED) is 0.280. The number of amides is 2. The van der Waals surface area contributed by atoms with Gasteiger partial charge in [-0.15, -0.1) is 0 Å². The molecule has 0 saturated carbocycles. The van der Waals surface area contributed by atoms with Crippen LogP contribution in [0.3, 0.4) is 0 Å². The Bertz CT molecular complexity index is 1580. The Labute approximate surface area is 256 Å². The maximum absolute atomic E-state index is 14.3. The van der Waals surface area contributed by atoms with Crippen LogP contribution in [0.4, 0.5) is 0 Å². The van der Waals surface area contributed by atoms with Crippen molar-refractivity contribution in [1.29, 1.82) is 5.26 Å². The van der Waals surface area contributed by atoms with Gasteiger partial charge in [-0.25, -0.2) is 4.98 Å². The van der Waals surface area contributed by atoms with E-state index in [2.05, 4.69) is 21.4 Å². The van der Waals surface area contributed by atoms with E-state index in [1.165, 1.54) is 7.11 Å². The summed E-state index contributed by atoms with van der Waals surface area (Å²) in [5, 5.41) is 12.4. The lowest BCUT2D eigenvalue weighted by Crippen LogP contribution is -2.54. The number of methoxy groups -OCH3 is 1. The number of nitriles is 1. The van der Waals surface area contributed by atoms with Gasteiger partial charge in [-0.2, -0.15) is 5.26 Å². The molecule has 1 unspecified atom stereocenters. The molecule has 0 spiro atoms. The Kier molecular flexibility index (Phi) is 9.20. The van der Waals surface area contributed by atoms with E-state index < -0.39 is 29.3 Å². The smallest absolute Gasteiger partial charge is 0.310 e. The largest absolute Gasteiger partial charge is 0.469 e. The fraction of sp³-hybridized carbons (Fsp3) is 0.286. The second-order valence-electron chi connectivity index (χ2n) is 11.4. The van der Waals surface area contributed by atoms with E-state index in [0.717, 1.165) is 16.7 Å². The van der Waals surface area contributed by atoms with Gasteiger partial charge in [-0.05, 0) is 42.2 Å². The van der Waals surface area contributed by atoms with E-state index in [0.29, 0.717) is 17.7 Å². The number of likely N-dealkylation sites (tertiary alicyclic amines) is 1. The molecule has 1 aromatic heterocycles. The van der Waals surface area contributed by atoms with Crippen molar-refractivity contribution in [2.45, 2.75) is 31.2 Å². The minimum Gasteiger partial charge on any atom is -0.469 e. The predicted octanol–water partition coefficient (Wildman–Crippen LogP) is 4.33. The summed E-state index contributed by atoms with van der Waals surface area (Å²) in [6, 6.07) is 28.4. The van der Waals surface area contributed by atoms with Crippen molar-refractivity contribution < 1.29 is 19.1 Å². The van der Waals surface area contributed by atoms with Gasteiger partial charge in [0.05, 0.1) is 60.3 Å². The highest BCUT2D eigenvalue weighted by molar-refractivity contribution is 5.89. The molecule has 9 heteroatoms. The average molecular weight is 590 g/mol. The van der Waals surface area contributed by atoms with Crippen molar-refractivity contribution in [3.63, 3.8) is 0 Å². The summed E-state index contributed by atoms with van der Waals surface area (Å²) in [6.07, 6.45) is 3.90. The number of nitrogens with one attached hydrogen (secondary N) is 2. The van der Waals surface area contributed by atoms with Gasteiger partial charge in [0.2, 0.25) is 11.8 Å². The molecule has 2 N–H and O–H groups in total. The number of esters is 1. The first kappa shape index (κ1) is 30.2. The summed E-state index contributed by atoms with van der Waals surface area (Å²) in [4.78, 5) is 50.1. The maximum Gasteiger partial charge on any atom is 0.310 e. The van der Waals surface area contributed by atoms with Crippen molar-refractivity contribution in [2.75, 3.05) is 20.2 Å². The second kappa shape index (κ2) is 13.4. The van der Waals surface area contributed by atoms with Crippen LogP contribution in [0.15, 0.2) is 97.5 Å². The normalized spacial score (nSPS) is 17.7. The molecule has 4 aromatic rings. The summed E-state index contributed by atoms with van der Waals surface area (Å²) in [5.74, 6) is -2.82. The lowest BCUT2D eigenvalue weighted by molar-refractivity contribution is -0.151. The lowest BCUT2D eigenvalue weighted by Gasteiger charge is -2.39. The molecule has 224 valence electrons. The Morgan fingerprint density at radius 3 is 2.16 bits per heavy atom. The van der Waals surface area contributed by atoms with Crippen molar-refractivity contribution >= 4 is 17.8 Å². The molecule has 0 aliphatic carbocycles. The first-order chi connectivity index (χ1) is 21.3. The Balaban J connectivity index is 1.43. The Morgan fingerprint density at radius 2 is 1.61 bits per heavy atom. The van der Waals surface area contributed by atoms with Gasteiger partial charge >= 0.3 is 5.97 Å². The van der Waals surface area contributed by atoms with Crippen LogP contribution in [0, 0.1) is 23.2 Å². The third kappa shape index (κ3) is 6.70. The third-order valence-electron chi connectivity index (χ3n) is 8.31. The minimum absolute atomic E-state index is 0.157. The number of rotatable bonds is 9. The van der Waals surface area contributed by atoms with Crippen LogP contribution < -0.4 is 5.32 Å². The molecule has 1 aliphatic heterocycles. The molecule has 0 radical (unpaired) electrons. The lowest BCUT2D eigenvalue weighted by atomic mass is 9.84. The fourth-order valence-electron chi connectivity index (χ4n) is 6.00. The molecule has 1 aliphatic rings. The third-order valence-corrected chi connectivity index (χ3v) is 8.31. The van der Waals surface area contributed by atoms with Gasteiger partial charge in [-0.3, -0.25) is 14.4 Å². The molecule has 0 bridgehead atoms. The van der Waals surface area contributed by atoms with Gasteiger partial charge in [0.15, 0.2) is 0 Å². The van der Waals surface area contributed by atoms with E-state index in [1.54, 1.807) is 29.6 Å². The molecule has 2 heterocycles. The van der Waals surface area contributed by atoms with Crippen molar-refractivity contribution in [3.8, 4) is 6.07 Å². The zero-order valence-electron chi connectivity index (χ0n) is 24.8. The van der Waals surface area contributed by atoms with Crippen LogP contribution in [-0.2, 0) is 31.1 Å². The summed E-state index contributed by atoms with van der Waals surface area (Å²) >= 11 is 0. The molecule has 3 aromatic carbocycles. The standard InChI is InChI=1S/C35H35N5O4/c1-35(30-20-37-23-38-30,18-24-13-15-25(19-36)16-14-24)39-32(41)28-17-29(34(43)44-2)22-40(21-28)33(42)31(26-9-5-3-6-10-26)27-11-7-4-8-12-27/h3-16,20,23,28-29,31H,17-18,21-22H2,1-2H3,(H,37,38)(H,39,41)/t28-,29+,35?/m0/s1. The van der Waals surface area contributed by atoms with E-state index in [1.807, 2.05) is 79.7 Å². The highest BCUT2D eigenvalue weighted by Crippen LogP contribution is 2.32. The Morgan fingerprint density at radius 1 is 1.00 bits per heavy atom. The fourth-order valence-corrected chi connectivity index (χ4v) is 6.00. The maximum atomic E-state index is 14.3. The first-order valence-corrected chi connectivity index (χ1v) is 14.6. The number of piperidine rings is 1. The van der Waals surface area contributed by atoms with Crippen LogP contribution in [0.1, 0.15) is 47.2 Å². The van der Waals surface area contributed by atoms with E-state index >= 15 is 0 Å². The molecule has 2 amide bonds. The van der Waals surface area contributed by atoms with Gasteiger partial charge in [-0.1, -0.05) is 72.8 Å². The number of carbonyl (C=O) groups is 3. The number of benzene rings is 3. The zero-order valence-corrected chi connectivity index (χ0v) is 24.8. The number of aromatic amines is 1. The number of H-pyrrole nitrogens is 1. The molecule has 1 saturated heterocycles. The molecule has 3 atom stereocenters. The highest BCUT2D eigenvalue weighted by Gasteiger charge is 2.42. The van der Waals surface area contributed by atoms with Crippen molar-refractivity contribution in [3.05, 3.63) is 125 Å². The summed E-state index contributed by atoms with van der Waals surface area (Å²) in [7, 11) is 1.32. The molecular formula is C35H35N5O4. The van der Waals surface area contributed by atoms with Crippen LogP contribution >= 0.6 is 0 Å². The van der Waals surface area contributed by atoms with Crippen LogP contribution in [0.25, 0.3) is 0 Å². The minimum atomic E-state index is -0.884. The molecule has 9 nitrogen and oxygen atoms in total. The van der Waals surface area contributed by atoms with Crippen LogP contribution in [0.2, 0.25) is 0 Å². The number of nitrogens with zero attached hydrogens (tertiary/aromatic N) is 3. The van der Waals surface area contributed by atoms with Gasteiger partial charge in [0.25, 0.3) is 0 Å². The number of aromatic nitrogens is 2. The second-order valence-corrected chi connectivity index (χ2v) is 11.4. The molecule has 5 rings (SSSR count). The zero-order chi connectivity index (χ0) is 31.1. The SMILES string of the molecule is COC(=O)[C@@H]1C[C@H](C(=O)NC(C)(Cc2ccc(C#N)cc2)c2cnc[nH]2)CN(C(=O)C(c2ccccc2)c2ccccc2)C1. The number of hydrogen-bond donors (Lipinski definition) is 2. The van der Waals surface area contributed by atoms with Gasteiger partial charge in [0, 0.05) is 19.5 Å². The molecular weight excluding hydrogens is 554 g/mol. The predicted molar refractivity (Wildman–Crippen MR) is 164 cm³/mol. The average Bonchev–Trinajstić information content (AvgIpc) is 3.62. The first-order valence-electron chi connectivity index (χ1n) is 14.6. The van der Waals surface area contributed by atoms with Crippen molar-refractivity contribution in [2.24, 2.45) is 11.8 Å². The van der Waals surface area contributed by atoms with E-state index in [-0.39, 0.29) is 31.3 Å². The topological polar surface area (TPSA) is 128 Å². The van der Waals surface area contributed by atoms with E-state index in [4.69, 9.17) is 4.74 Å². The number of imidazole rings is 1. The number of carbonyl (C=O) groups excluding carboxylic acids is 3. The van der Waals surface area contributed by atoms with Crippen molar-refractivity contribution in [1.82, 2.24) is 20.2 Å². The van der Waals surface area contributed by atoms with Gasteiger partial charge in [0.1, 0.15) is 0 Å². The summed E-state index contributed by atoms with van der Waals surface area (Å²) < 4.78 is 5.09. The van der Waals surface area contributed by atoms with Crippen LogP contribution in [0.5, 0.6) is 0 Å². The Hall–Kier alpha value is -5.23. The monoisotopic (exact) mass is 589 g/mol. The highest BCUT2D eigenvalue weighted by atomic mass is 16.5. The van der Waals surface area contributed by atoms with Gasteiger partial charge < -0.3 is 19.9 Å². The number of hydrogen-bond acceptors (Lipinski definition) is 6. The summed E-state index contributed by atoms with van der Waals surface area (Å²) in [6.45, 7) is 2.22. The number of ether oxygens (including phenoxy) is 1. The molecule has 44 heavy (non-hydrogen) atoms.